The highest BCUT2D eigenvalue weighted by Gasteiger charge is 2.33. The van der Waals surface area contributed by atoms with E-state index in [4.69, 9.17) is 5.73 Å². The molecule has 3 rings (SSSR count). The molecule has 0 aromatic heterocycles. The lowest BCUT2D eigenvalue weighted by Gasteiger charge is -2.27. The van der Waals surface area contributed by atoms with Crippen molar-refractivity contribution in [2.24, 2.45) is 5.73 Å². The lowest BCUT2D eigenvalue weighted by Crippen LogP contribution is -2.51. The molecule has 0 fully saturated rings. The summed E-state index contributed by atoms with van der Waals surface area (Å²) in [5.41, 5.74) is 7.10. The average molecular weight is 360 g/mol. The smallest absolute Gasteiger partial charge is 0.262 e. The molecule has 1 atom stereocenters. The molecule has 0 saturated heterocycles. The normalized spacial score (nSPS) is 17.9. The number of carbonyl (C=O) groups excluding carboxylic acids is 2. The van der Waals surface area contributed by atoms with Crippen molar-refractivity contribution in [2.45, 2.75) is 18.0 Å². The lowest BCUT2D eigenvalue weighted by atomic mass is 10.2. The Morgan fingerprint density at radius 2 is 1.80 bits per heavy atom. The lowest BCUT2D eigenvalue weighted by molar-refractivity contribution is -0.117. The first-order valence-electron chi connectivity index (χ1n) is 7.36. The fourth-order valence-corrected chi connectivity index (χ4v) is 3.70. The molecule has 130 valence electrons. The van der Waals surface area contributed by atoms with Gasteiger partial charge in [-0.2, -0.15) is 4.72 Å². The standard InChI is InChI=1S/C16H16N4O4S/c1-9-2-7-13-12(8-9)19-15(20-25(13,23)24)16(22)18-11-5-3-10(4-6-11)14(17)21/h2-8,15,19-20H,1H3,(H2,17,21)(H,18,22)/t15-/m0/s1. The van der Waals surface area contributed by atoms with Gasteiger partial charge in [0.1, 0.15) is 4.90 Å². The maximum atomic E-state index is 12.4. The Morgan fingerprint density at radius 3 is 2.44 bits per heavy atom. The van der Waals surface area contributed by atoms with E-state index in [2.05, 4.69) is 15.4 Å². The van der Waals surface area contributed by atoms with Crippen LogP contribution in [0.15, 0.2) is 47.4 Å². The Labute approximate surface area is 144 Å². The first-order valence-corrected chi connectivity index (χ1v) is 8.85. The van der Waals surface area contributed by atoms with Crippen LogP contribution in [-0.2, 0) is 14.8 Å². The number of nitrogens with one attached hydrogen (secondary N) is 3. The van der Waals surface area contributed by atoms with Crippen LogP contribution >= 0.6 is 0 Å². The molecule has 1 aliphatic heterocycles. The zero-order chi connectivity index (χ0) is 18.2. The monoisotopic (exact) mass is 360 g/mol. The van der Waals surface area contributed by atoms with E-state index >= 15 is 0 Å². The Balaban J connectivity index is 1.80. The van der Waals surface area contributed by atoms with Crippen LogP contribution in [-0.4, -0.2) is 26.4 Å². The maximum Gasteiger partial charge on any atom is 0.262 e. The molecule has 9 heteroatoms. The molecule has 2 aromatic rings. The first-order chi connectivity index (χ1) is 11.8. The van der Waals surface area contributed by atoms with Crippen LogP contribution in [0.5, 0.6) is 0 Å². The largest absolute Gasteiger partial charge is 0.366 e. The van der Waals surface area contributed by atoms with E-state index in [1.165, 1.54) is 30.3 Å². The van der Waals surface area contributed by atoms with E-state index in [9.17, 15) is 18.0 Å². The summed E-state index contributed by atoms with van der Waals surface area (Å²) in [5.74, 6) is -1.16. The van der Waals surface area contributed by atoms with Gasteiger partial charge < -0.3 is 16.4 Å². The molecule has 1 heterocycles. The topological polar surface area (TPSA) is 130 Å². The minimum Gasteiger partial charge on any atom is -0.366 e. The molecule has 25 heavy (non-hydrogen) atoms. The van der Waals surface area contributed by atoms with Crippen molar-refractivity contribution >= 4 is 33.2 Å². The van der Waals surface area contributed by atoms with Crippen molar-refractivity contribution < 1.29 is 18.0 Å². The van der Waals surface area contributed by atoms with Crippen LogP contribution in [0.25, 0.3) is 0 Å². The number of nitrogens with two attached hydrogens (primary N) is 1. The highest BCUT2D eigenvalue weighted by Crippen LogP contribution is 2.27. The zero-order valence-electron chi connectivity index (χ0n) is 13.2. The summed E-state index contributed by atoms with van der Waals surface area (Å²) < 4.78 is 26.9. The van der Waals surface area contributed by atoms with Gasteiger partial charge in [0.15, 0.2) is 6.17 Å². The molecule has 0 spiro atoms. The van der Waals surface area contributed by atoms with Crippen molar-refractivity contribution in [3.05, 3.63) is 53.6 Å². The van der Waals surface area contributed by atoms with E-state index in [1.54, 1.807) is 12.1 Å². The van der Waals surface area contributed by atoms with E-state index in [-0.39, 0.29) is 4.90 Å². The number of carbonyl (C=O) groups is 2. The summed E-state index contributed by atoms with van der Waals surface area (Å²) in [6, 6.07) is 10.8. The third-order valence-corrected chi connectivity index (χ3v) is 5.18. The van der Waals surface area contributed by atoms with Gasteiger partial charge >= 0.3 is 0 Å². The molecule has 1 aliphatic rings. The highest BCUT2D eigenvalue weighted by atomic mass is 32.2. The SMILES string of the molecule is Cc1ccc2c(c1)N[C@H](C(=O)Nc1ccc(C(N)=O)cc1)NS2(=O)=O. The summed E-state index contributed by atoms with van der Waals surface area (Å²) in [7, 11) is -3.80. The van der Waals surface area contributed by atoms with Gasteiger partial charge in [-0.1, -0.05) is 6.07 Å². The fourth-order valence-electron chi connectivity index (χ4n) is 2.45. The van der Waals surface area contributed by atoms with Crippen molar-refractivity contribution in [3.63, 3.8) is 0 Å². The Morgan fingerprint density at radius 1 is 1.12 bits per heavy atom. The molecule has 0 bridgehead atoms. The number of hydrogen-bond donors (Lipinski definition) is 4. The predicted octanol–water partition coefficient (Wildman–Crippen LogP) is 0.763. The second-order valence-corrected chi connectivity index (χ2v) is 7.31. The van der Waals surface area contributed by atoms with Gasteiger partial charge in [0.2, 0.25) is 15.9 Å². The first kappa shape index (κ1) is 16.9. The van der Waals surface area contributed by atoms with Gasteiger partial charge in [0.05, 0.1) is 5.69 Å². The minimum atomic E-state index is -3.80. The maximum absolute atomic E-state index is 12.4. The number of hydrogen-bond acceptors (Lipinski definition) is 5. The van der Waals surface area contributed by atoms with Gasteiger partial charge in [0, 0.05) is 11.3 Å². The van der Waals surface area contributed by atoms with Crippen molar-refractivity contribution in [1.82, 2.24) is 4.72 Å². The summed E-state index contributed by atoms with van der Waals surface area (Å²) in [4.78, 5) is 23.5. The number of rotatable bonds is 3. The average Bonchev–Trinajstić information content (AvgIpc) is 2.54. The van der Waals surface area contributed by atoms with Crippen LogP contribution in [0.2, 0.25) is 0 Å². The summed E-state index contributed by atoms with van der Waals surface area (Å²) >= 11 is 0. The van der Waals surface area contributed by atoms with Crippen molar-refractivity contribution in [2.75, 3.05) is 10.6 Å². The molecule has 0 radical (unpaired) electrons. The van der Waals surface area contributed by atoms with Gasteiger partial charge in [0.25, 0.3) is 5.91 Å². The van der Waals surface area contributed by atoms with Crippen molar-refractivity contribution in [1.29, 1.82) is 0 Å². The molecular formula is C16H16N4O4S. The third-order valence-electron chi connectivity index (χ3n) is 3.70. The predicted molar refractivity (Wildman–Crippen MR) is 92.5 cm³/mol. The van der Waals surface area contributed by atoms with Gasteiger partial charge in [-0.05, 0) is 48.9 Å². The summed E-state index contributed by atoms with van der Waals surface area (Å²) in [5, 5.41) is 5.45. The third kappa shape index (κ3) is 3.47. The number of anilines is 2. The van der Waals surface area contributed by atoms with Crippen molar-refractivity contribution in [3.8, 4) is 0 Å². The Bertz CT molecular complexity index is 955. The second kappa shape index (κ2) is 6.19. The molecule has 0 saturated carbocycles. The van der Waals surface area contributed by atoms with Crippen LogP contribution in [0.3, 0.4) is 0 Å². The molecule has 2 amide bonds. The second-order valence-electron chi connectivity index (χ2n) is 5.63. The summed E-state index contributed by atoms with van der Waals surface area (Å²) in [6.07, 6.45) is -1.16. The van der Waals surface area contributed by atoms with Crippen LogP contribution in [0.4, 0.5) is 11.4 Å². The van der Waals surface area contributed by atoms with Gasteiger partial charge in [-0.15, -0.1) is 0 Å². The van der Waals surface area contributed by atoms with Crippen LogP contribution in [0.1, 0.15) is 15.9 Å². The van der Waals surface area contributed by atoms with Gasteiger partial charge in [-0.3, -0.25) is 9.59 Å². The number of aryl methyl sites for hydroxylation is 1. The molecular weight excluding hydrogens is 344 g/mol. The van der Waals surface area contributed by atoms with Gasteiger partial charge in [-0.25, -0.2) is 8.42 Å². The Kier molecular flexibility index (Phi) is 4.19. The van der Waals surface area contributed by atoms with Crippen LogP contribution in [0, 0.1) is 6.92 Å². The Hall–Kier alpha value is -2.91. The number of benzene rings is 2. The van der Waals surface area contributed by atoms with E-state index in [0.717, 1.165) is 5.56 Å². The number of sulfonamides is 1. The van der Waals surface area contributed by atoms with Crippen LogP contribution < -0.4 is 21.1 Å². The number of amides is 2. The quantitative estimate of drug-likeness (QED) is 0.642. The molecule has 5 N–H and O–H groups in total. The zero-order valence-corrected chi connectivity index (χ0v) is 14.1. The molecule has 0 aliphatic carbocycles. The highest BCUT2D eigenvalue weighted by molar-refractivity contribution is 7.89. The van der Waals surface area contributed by atoms with E-state index in [0.29, 0.717) is 16.9 Å². The number of primary amides is 1. The summed E-state index contributed by atoms with van der Waals surface area (Å²) in [6.45, 7) is 1.83. The minimum absolute atomic E-state index is 0.0907. The van der Waals surface area contributed by atoms with E-state index in [1.807, 2.05) is 6.92 Å². The molecule has 0 unspecified atom stereocenters. The fraction of sp³-hybridized carbons (Fsp3) is 0.125. The van der Waals surface area contributed by atoms with E-state index < -0.39 is 28.0 Å². The molecule has 8 nitrogen and oxygen atoms in total. The number of fused-ring (bicyclic) bond motifs is 1. The molecule has 2 aromatic carbocycles.